The van der Waals surface area contributed by atoms with Gasteiger partial charge in [-0.3, -0.25) is 4.79 Å². The van der Waals surface area contributed by atoms with Gasteiger partial charge in [0.1, 0.15) is 6.54 Å². The number of urea groups is 1. The maximum atomic E-state index is 13.2. The van der Waals surface area contributed by atoms with E-state index in [-0.39, 0.29) is 18.5 Å². The van der Waals surface area contributed by atoms with Gasteiger partial charge in [0.15, 0.2) is 0 Å². The van der Waals surface area contributed by atoms with Gasteiger partial charge in [0.2, 0.25) is 5.91 Å². The van der Waals surface area contributed by atoms with Crippen molar-refractivity contribution in [1.29, 1.82) is 0 Å². The van der Waals surface area contributed by atoms with Gasteiger partial charge in [-0.2, -0.15) is 0 Å². The van der Waals surface area contributed by atoms with Crippen molar-refractivity contribution < 1.29 is 9.59 Å². The quantitative estimate of drug-likeness (QED) is 0.643. The van der Waals surface area contributed by atoms with Gasteiger partial charge in [-0.1, -0.05) is 56.7 Å². The fourth-order valence-electron chi connectivity index (χ4n) is 2.88. The van der Waals surface area contributed by atoms with Gasteiger partial charge in [0.05, 0.1) is 6.54 Å². The zero-order valence-corrected chi connectivity index (χ0v) is 17.9. The number of rotatable bonds is 10. The minimum atomic E-state index is -0.174. The van der Waals surface area contributed by atoms with Crippen LogP contribution in [0.2, 0.25) is 0 Å². The molecule has 0 bridgehead atoms. The first kappa shape index (κ1) is 22.0. The first-order valence-corrected chi connectivity index (χ1v) is 10.8. The van der Waals surface area contributed by atoms with Crippen molar-refractivity contribution in [2.24, 2.45) is 5.92 Å². The molecule has 0 aliphatic carbocycles. The molecule has 0 aliphatic rings. The minimum Gasteiger partial charge on any atom is -0.338 e. The molecule has 3 amide bonds. The molecule has 1 atom stereocenters. The van der Waals surface area contributed by atoms with Crippen molar-refractivity contribution >= 4 is 23.3 Å². The van der Waals surface area contributed by atoms with Crippen LogP contribution in [-0.2, 0) is 17.9 Å². The van der Waals surface area contributed by atoms with E-state index in [0.29, 0.717) is 32.1 Å². The molecule has 0 fully saturated rings. The van der Waals surface area contributed by atoms with Gasteiger partial charge in [-0.25, -0.2) is 4.79 Å². The molecule has 152 valence electrons. The van der Waals surface area contributed by atoms with Gasteiger partial charge >= 0.3 is 6.03 Å². The Labute approximate surface area is 172 Å². The first-order valence-electron chi connectivity index (χ1n) is 9.90. The molecule has 0 radical (unpaired) electrons. The highest BCUT2D eigenvalue weighted by molar-refractivity contribution is 7.09. The number of hydrogen-bond donors (Lipinski definition) is 1. The number of carbonyl (C=O) groups is 2. The molecule has 5 nitrogen and oxygen atoms in total. The van der Waals surface area contributed by atoms with Gasteiger partial charge in [0.25, 0.3) is 0 Å². The van der Waals surface area contributed by atoms with Gasteiger partial charge in [0, 0.05) is 24.5 Å². The maximum absolute atomic E-state index is 13.2. The second kappa shape index (κ2) is 11.5. The number of nitrogens with one attached hydrogen (secondary N) is 1. The van der Waals surface area contributed by atoms with Crippen LogP contribution in [0.3, 0.4) is 0 Å². The summed E-state index contributed by atoms with van der Waals surface area (Å²) in [6.45, 7) is 8.39. The average molecular weight is 402 g/mol. The Morgan fingerprint density at radius 3 is 2.39 bits per heavy atom. The van der Waals surface area contributed by atoms with E-state index in [9.17, 15) is 9.59 Å². The van der Waals surface area contributed by atoms with E-state index in [1.54, 1.807) is 16.2 Å². The molecule has 0 saturated heterocycles. The van der Waals surface area contributed by atoms with Crippen molar-refractivity contribution in [2.45, 2.75) is 40.3 Å². The normalized spacial score (nSPS) is 11.7. The molecule has 1 N–H and O–H groups in total. The molecule has 0 aliphatic heterocycles. The van der Waals surface area contributed by atoms with E-state index >= 15 is 0 Å². The minimum absolute atomic E-state index is 0.0354. The monoisotopic (exact) mass is 401 g/mol. The first-order chi connectivity index (χ1) is 13.5. The summed E-state index contributed by atoms with van der Waals surface area (Å²) in [5.41, 5.74) is 1.08. The predicted octanol–water partition coefficient (Wildman–Crippen LogP) is 4.35. The number of nitrogens with zero attached hydrogens (tertiary/aromatic N) is 2. The zero-order valence-electron chi connectivity index (χ0n) is 17.1. The molecule has 0 saturated carbocycles. The summed E-state index contributed by atoms with van der Waals surface area (Å²) in [6.07, 6.45) is 0.965. The van der Waals surface area contributed by atoms with Gasteiger partial charge < -0.3 is 15.1 Å². The maximum Gasteiger partial charge on any atom is 0.317 e. The average Bonchev–Trinajstić information content (AvgIpc) is 3.21. The van der Waals surface area contributed by atoms with Crippen molar-refractivity contribution in [3.05, 3.63) is 58.3 Å². The number of carbonyl (C=O) groups excluding carboxylic acids is 2. The lowest BCUT2D eigenvalue weighted by Crippen LogP contribution is -2.47. The van der Waals surface area contributed by atoms with Crippen LogP contribution in [0.5, 0.6) is 0 Å². The van der Waals surface area contributed by atoms with Crippen LogP contribution in [0.15, 0.2) is 47.8 Å². The Kier molecular flexibility index (Phi) is 9.01. The predicted molar refractivity (Wildman–Crippen MR) is 115 cm³/mol. The van der Waals surface area contributed by atoms with Gasteiger partial charge in [-0.05, 0) is 29.9 Å². The smallest absolute Gasteiger partial charge is 0.317 e. The Bertz CT molecular complexity index is 719. The van der Waals surface area contributed by atoms with Crippen LogP contribution < -0.4 is 5.32 Å². The second-order valence-electron chi connectivity index (χ2n) is 7.04. The van der Waals surface area contributed by atoms with Crippen LogP contribution in [-0.4, -0.2) is 41.4 Å². The Balaban J connectivity index is 2.14. The molecule has 1 aromatic carbocycles. The highest BCUT2D eigenvalue weighted by atomic mass is 32.1. The summed E-state index contributed by atoms with van der Waals surface area (Å²) in [5, 5.41) is 4.85. The fraction of sp³-hybridized carbons (Fsp3) is 0.455. The number of hydrogen-bond acceptors (Lipinski definition) is 3. The third kappa shape index (κ3) is 7.00. The van der Waals surface area contributed by atoms with Crippen molar-refractivity contribution in [2.75, 3.05) is 19.6 Å². The van der Waals surface area contributed by atoms with Crippen LogP contribution in [0, 0.1) is 5.92 Å². The van der Waals surface area contributed by atoms with Gasteiger partial charge in [-0.15, -0.1) is 11.3 Å². The lowest BCUT2D eigenvalue weighted by atomic mass is 10.1. The van der Waals surface area contributed by atoms with E-state index in [0.717, 1.165) is 16.9 Å². The molecular formula is C22H31N3O2S. The zero-order chi connectivity index (χ0) is 20.4. The number of amides is 3. The summed E-state index contributed by atoms with van der Waals surface area (Å²) in [7, 11) is 0. The summed E-state index contributed by atoms with van der Waals surface area (Å²) in [4.78, 5) is 30.3. The van der Waals surface area contributed by atoms with Crippen LogP contribution >= 0.6 is 11.3 Å². The highest BCUT2D eigenvalue weighted by Crippen LogP contribution is 2.15. The van der Waals surface area contributed by atoms with E-state index in [1.807, 2.05) is 59.7 Å². The topological polar surface area (TPSA) is 52.7 Å². The Morgan fingerprint density at radius 2 is 1.79 bits per heavy atom. The number of thiophene rings is 1. The van der Waals surface area contributed by atoms with Crippen LogP contribution in [0.4, 0.5) is 4.79 Å². The summed E-state index contributed by atoms with van der Waals surface area (Å²) in [6, 6.07) is 13.8. The van der Waals surface area contributed by atoms with Crippen molar-refractivity contribution in [1.82, 2.24) is 15.1 Å². The van der Waals surface area contributed by atoms with Crippen molar-refractivity contribution in [3.8, 4) is 0 Å². The standard InChI is InChI=1S/C22H31N3O2S/c1-4-18(3)14-25(22(27)23-5-2)17-21(26)24(16-20-12-9-13-28-20)15-19-10-7-6-8-11-19/h6-13,18H,4-5,14-17H2,1-3H3,(H,23,27)/t18-/m1/s1. The lowest BCUT2D eigenvalue weighted by molar-refractivity contribution is -0.133. The molecule has 6 heteroatoms. The molecule has 1 heterocycles. The number of benzene rings is 1. The van der Waals surface area contributed by atoms with E-state index in [1.165, 1.54) is 0 Å². The third-order valence-electron chi connectivity index (χ3n) is 4.67. The molecule has 2 rings (SSSR count). The Hall–Kier alpha value is -2.34. The van der Waals surface area contributed by atoms with Crippen LogP contribution in [0.25, 0.3) is 0 Å². The van der Waals surface area contributed by atoms with E-state index in [2.05, 4.69) is 19.2 Å². The molecule has 28 heavy (non-hydrogen) atoms. The molecule has 0 spiro atoms. The highest BCUT2D eigenvalue weighted by Gasteiger charge is 2.23. The summed E-state index contributed by atoms with van der Waals surface area (Å²) >= 11 is 1.64. The summed E-state index contributed by atoms with van der Waals surface area (Å²) in [5.74, 6) is 0.307. The lowest BCUT2D eigenvalue weighted by Gasteiger charge is -2.29. The van der Waals surface area contributed by atoms with Crippen LogP contribution in [0.1, 0.15) is 37.6 Å². The fourth-order valence-corrected chi connectivity index (χ4v) is 3.60. The molecule has 1 aromatic heterocycles. The van der Waals surface area contributed by atoms with Crippen molar-refractivity contribution in [3.63, 3.8) is 0 Å². The molecule has 0 unspecified atom stereocenters. The SMILES string of the molecule is CCNC(=O)N(CC(=O)N(Cc1ccccc1)Cc1cccs1)C[C@H](C)CC. The largest absolute Gasteiger partial charge is 0.338 e. The second-order valence-corrected chi connectivity index (χ2v) is 8.08. The molecule has 2 aromatic rings. The van der Waals surface area contributed by atoms with E-state index in [4.69, 9.17) is 0 Å². The third-order valence-corrected chi connectivity index (χ3v) is 5.53. The summed E-state index contributed by atoms with van der Waals surface area (Å²) < 4.78 is 0. The Morgan fingerprint density at radius 1 is 1.04 bits per heavy atom. The molecular weight excluding hydrogens is 370 g/mol. The van der Waals surface area contributed by atoms with E-state index < -0.39 is 0 Å².